The molecular formula is C15H16FN5O4S. The van der Waals surface area contributed by atoms with Gasteiger partial charge in [0, 0.05) is 18.3 Å². The lowest BCUT2D eigenvalue weighted by Gasteiger charge is -2.18. The fraction of sp³-hybridized carbons (Fsp3) is 0.267. The Bertz CT molecular complexity index is 952. The summed E-state index contributed by atoms with van der Waals surface area (Å²) in [6.45, 7) is 3.10. The van der Waals surface area contributed by atoms with Crippen LogP contribution in [0.3, 0.4) is 0 Å². The van der Waals surface area contributed by atoms with Gasteiger partial charge in [-0.2, -0.15) is 8.42 Å². The van der Waals surface area contributed by atoms with Crippen LogP contribution < -0.4 is 14.3 Å². The normalized spacial score (nSPS) is 15.8. The highest BCUT2D eigenvalue weighted by Gasteiger charge is 2.37. The molecule has 1 aromatic heterocycles. The number of hydrogen-bond acceptors (Lipinski definition) is 7. The number of nitrogens with zero attached hydrogens (tertiary/aromatic N) is 3. The summed E-state index contributed by atoms with van der Waals surface area (Å²) in [6.07, 6.45) is 0. The zero-order valence-corrected chi connectivity index (χ0v) is 14.8. The first-order valence-electron chi connectivity index (χ1n) is 7.56. The molecule has 1 saturated heterocycles. The average Bonchev–Trinajstić information content (AvgIpc) is 2.76. The summed E-state index contributed by atoms with van der Waals surface area (Å²) in [5.74, 6) is -1.23. The first-order valence-corrected chi connectivity index (χ1v) is 9.00. The molecule has 0 unspecified atom stereocenters. The van der Waals surface area contributed by atoms with Gasteiger partial charge in [0.1, 0.15) is 29.6 Å². The Balaban J connectivity index is 1.84. The number of aromatic nitrogens is 2. The molecule has 0 saturated carbocycles. The van der Waals surface area contributed by atoms with E-state index in [-0.39, 0.29) is 6.54 Å². The Kier molecular flexibility index (Phi) is 4.40. The minimum absolute atomic E-state index is 0.143. The SMILES string of the molecule is Cc1cc(NCc2cc(O)c(N3CC(=O)NS3(=O)=O)c(F)c2)nc(C)n1. The molecule has 11 heteroatoms. The highest BCUT2D eigenvalue weighted by Crippen LogP contribution is 2.34. The lowest BCUT2D eigenvalue weighted by molar-refractivity contribution is -0.117. The van der Waals surface area contributed by atoms with E-state index in [0.29, 0.717) is 21.5 Å². The Hall–Kier alpha value is -2.95. The van der Waals surface area contributed by atoms with Gasteiger partial charge in [0.05, 0.1) is 0 Å². The highest BCUT2D eigenvalue weighted by molar-refractivity contribution is 7.92. The Labute approximate surface area is 149 Å². The summed E-state index contributed by atoms with van der Waals surface area (Å²) < 4.78 is 40.3. The lowest BCUT2D eigenvalue weighted by Crippen LogP contribution is -2.30. The molecule has 0 aliphatic carbocycles. The van der Waals surface area contributed by atoms with E-state index in [1.807, 2.05) is 6.92 Å². The minimum Gasteiger partial charge on any atom is -0.506 e. The Morgan fingerprint density at radius 1 is 1.31 bits per heavy atom. The van der Waals surface area contributed by atoms with Gasteiger partial charge in [-0.25, -0.2) is 23.4 Å². The van der Waals surface area contributed by atoms with Gasteiger partial charge in [-0.1, -0.05) is 0 Å². The average molecular weight is 381 g/mol. The number of aromatic hydroxyl groups is 1. The van der Waals surface area contributed by atoms with Crippen molar-refractivity contribution < 1.29 is 22.7 Å². The van der Waals surface area contributed by atoms with Gasteiger partial charge in [0.2, 0.25) is 0 Å². The molecule has 1 fully saturated rings. The number of amides is 1. The largest absolute Gasteiger partial charge is 0.506 e. The van der Waals surface area contributed by atoms with E-state index >= 15 is 0 Å². The fourth-order valence-electron chi connectivity index (χ4n) is 2.63. The van der Waals surface area contributed by atoms with E-state index < -0.39 is 39.9 Å². The molecule has 3 N–H and O–H groups in total. The zero-order valence-electron chi connectivity index (χ0n) is 13.9. The zero-order chi connectivity index (χ0) is 19.1. The maximum Gasteiger partial charge on any atom is 0.326 e. The van der Waals surface area contributed by atoms with Crippen LogP contribution in [0.4, 0.5) is 15.9 Å². The van der Waals surface area contributed by atoms with Crippen LogP contribution >= 0.6 is 0 Å². The van der Waals surface area contributed by atoms with Gasteiger partial charge >= 0.3 is 10.2 Å². The quantitative estimate of drug-likeness (QED) is 0.713. The highest BCUT2D eigenvalue weighted by atomic mass is 32.2. The fourth-order valence-corrected chi connectivity index (χ4v) is 3.80. The summed E-state index contributed by atoms with van der Waals surface area (Å²) in [4.78, 5) is 19.6. The molecular weight excluding hydrogens is 365 g/mol. The van der Waals surface area contributed by atoms with E-state index in [2.05, 4.69) is 15.3 Å². The second kappa shape index (κ2) is 6.41. The standard InChI is InChI=1S/C15H16FN5O4S/c1-8-3-13(19-9(2)18-8)17-6-10-4-11(16)15(12(22)5-10)21-7-14(23)20-26(21,24)25/h3-5,22H,6-7H2,1-2H3,(H,20,23)(H,17,18,19). The maximum absolute atomic E-state index is 14.4. The third-order valence-corrected chi connectivity index (χ3v) is 4.99. The monoisotopic (exact) mass is 381 g/mol. The van der Waals surface area contributed by atoms with Gasteiger partial charge < -0.3 is 10.4 Å². The minimum atomic E-state index is -4.21. The second-order valence-electron chi connectivity index (χ2n) is 5.78. The molecule has 9 nitrogen and oxygen atoms in total. The summed E-state index contributed by atoms with van der Waals surface area (Å²) >= 11 is 0. The number of rotatable bonds is 4. The van der Waals surface area contributed by atoms with Gasteiger partial charge in [-0.05, 0) is 31.5 Å². The number of hydrogen-bond donors (Lipinski definition) is 3. The molecule has 0 atom stereocenters. The predicted octanol–water partition coefficient (Wildman–Crippen LogP) is 0.731. The van der Waals surface area contributed by atoms with Crippen molar-refractivity contribution in [2.24, 2.45) is 0 Å². The summed E-state index contributed by atoms with van der Waals surface area (Å²) in [6, 6.07) is 4.03. The smallest absolute Gasteiger partial charge is 0.326 e. The number of nitrogens with one attached hydrogen (secondary N) is 2. The molecule has 0 bridgehead atoms. The van der Waals surface area contributed by atoms with Crippen LogP contribution in [-0.2, 0) is 21.5 Å². The molecule has 26 heavy (non-hydrogen) atoms. The van der Waals surface area contributed by atoms with Gasteiger partial charge in [-0.3, -0.25) is 4.79 Å². The number of anilines is 2. The van der Waals surface area contributed by atoms with Gasteiger partial charge in [-0.15, -0.1) is 0 Å². The summed E-state index contributed by atoms with van der Waals surface area (Å²) in [5.41, 5.74) is 0.565. The van der Waals surface area contributed by atoms with Crippen LogP contribution in [0, 0.1) is 19.7 Å². The third kappa shape index (κ3) is 3.52. The van der Waals surface area contributed by atoms with Crippen molar-refractivity contribution in [1.82, 2.24) is 14.7 Å². The first kappa shape index (κ1) is 17.9. The van der Waals surface area contributed by atoms with Crippen LogP contribution in [0.1, 0.15) is 17.1 Å². The summed E-state index contributed by atoms with van der Waals surface area (Å²) in [7, 11) is -4.21. The molecule has 3 rings (SSSR count). The van der Waals surface area contributed by atoms with Crippen molar-refractivity contribution in [2.45, 2.75) is 20.4 Å². The van der Waals surface area contributed by atoms with Crippen molar-refractivity contribution in [1.29, 1.82) is 0 Å². The molecule has 0 radical (unpaired) electrons. The van der Waals surface area contributed by atoms with E-state index in [4.69, 9.17) is 0 Å². The topological polar surface area (TPSA) is 125 Å². The lowest BCUT2D eigenvalue weighted by atomic mass is 10.1. The van der Waals surface area contributed by atoms with E-state index in [0.717, 1.165) is 11.8 Å². The molecule has 1 amide bonds. The van der Waals surface area contributed by atoms with Crippen molar-refractivity contribution in [3.05, 3.63) is 41.1 Å². The molecule has 1 aromatic carbocycles. The van der Waals surface area contributed by atoms with Crippen LogP contribution in [0.5, 0.6) is 5.75 Å². The van der Waals surface area contributed by atoms with Crippen LogP contribution in [0.25, 0.3) is 0 Å². The number of benzene rings is 1. The van der Waals surface area contributed by atoms with Crippen molar-refractivity contribution in [3.63, 3.8) is 0 Å². The van der Waals surface area contributed by atoms with E-state index in [9.17, 15) is 22.7 Å². The first-order chi connectivity index (χ1) is 12.2. The third-order valence-electron chi connectivity index (χ3n) is 3.61. The molecule has 1 aliphatic rings. The van der Waals surface area contributed by atoms with Crippen molar-refractivity contribution >= 4 is 27.6 Å². The molecule has 2 heterocycles. The molecule has 0 spiro atoms. The molecule has 138 valence electrons. The second-order valence-corrected chi connectivity index (χ2v) is 7.37. The summed E-state index contributed by atoms with van der Waals surface area (Å²) in [5, 5.41) is 13.1. The number of phenolic OH excluding ortho intramolecular Hbond substituents is 1. The van der Waals surface area contributed by atoms with E-state index in [1.165, 1.54) is 6.07 Å². The van der Waals surface area contributed by atoms with Gasteiger partial charge in [0.25, 0.3) is 5.91 Å². The Morgan fingerprint density at radius 2 is 2.04 bits per heavy atom. The number of carbonyl (C=O) groups is 1. The number of aryl methyl sites for hydroxylation is 2. The Morgan fingerprint density at radius 3 is 2.62 bits per heavy atom. The van der Waals surface area contributed by atoms with Crippen LogP contribution in [-0.4, -0.2) is 35.9 Å². The van der Waals surface area contributed by atoms with Crippen LogP contribution in [0.15, 0.2) is 18.2 Å². The maximum atomic E-state index is 14.4. The van der Waals surface area contributed by atoms with Crippen molar-refractivity contribution in [3.8, 4) is 5.75 Å². The number of carbonyl (C=O) groups excluding carboxylic acids is 1. The van der Waals surface area contributed by atoms with Crippen LogP contribution in [0.2, 0.25) is 0 Å². The molecule has 2 aromatic rings. The van der Waals surface area contributed by atoms with Gasteiger partial charge in [0.15, 0.2) is 5.82 Å². The predicted molar refractivity (Wildman–Crippen MR) is 91.3 cm³/mol. The number of halogens is 1. The van der Waals surface area contributed by atoms with E-state index in [1.54, 1.807) is 17.7 Å². The number of phenols is 1. The molecule has 1 aliphatic heterocycles. The van der Waals surface area contributed by atoms with Crippen molar-refractivity contribution in [2.75, 3.05) is 16.2 Å².